The first-order chi connectivity index (χ1) is 22.8. The van der Waals surface area contributed by atoms with Crippen molar-refractivity contribution in [2.24, 2.45) is 0 Å². The largest absolute Gasteiger partial charge is 1.00 e. The number of alkyl halides is 6. The van der Waals surface area contributed by atoms with Crippen LogP contribution in [0, 0.1) is 0 Å². The molecular weight excluding hydrogens is 829 g/mol. The third-order valence-electron chi connectivity index (χ3n) is 9.63. The summed E-state index contributed by atoms with van der Waals surface area (Å²) >= 11 is -2.45. The number of hydrogen-bond acceptors (Lipinski definition) is 0. The van der Waals surface area contributed by atoms with Gasteiger partial charge in [-0.05, 0) is 0 Å². The van der Waals surface area contributed by atoms with Crippen LogP contribution >= 0.6 is 0 Å². The maximum absolute atomic E-state index is 13.4. The van der Waals surface area contributed by atoms with E-state index < -0.39 is 52.1 Å². The van der Waals surface area contributed by atoms with Gasteiger partial charge in [0.05, 0.1) is 0 Å². The van der Waals surface area contributed by atoms with Crippen molar-refractivity contribution in [2.45, 2.75) is 70.6 Å². The fourth-order valence-electron chi connectivity index (χ4n) is 7.60. The quantitative estimate of drug-likeness (QED) is 0.131. The Hall–Kier alpha value is -2.05. The van der Waals surface area contributed by atoms with Crippen LogP contribution in [0.3, 0.4) is 0 Å². The second-order valence-corrected chi connectivity index (χ2v) is 42.2. The first-order valence-corrected chi connectivity index (χ1v) is 31.0. The molecular formula is C40H38Cl2F6GeZr. The molecule has 0 fully saturated rings. The van der Waals surface area contributed by atoms with E-state index in [1.165, 1.54) is 46.5 Å². The monoisotopic (exact) mass is 866 g/mol. The zero-order valence-corrected chi connectivity index (χ0v) is 34.3. The average Bonchev–Trinajstić information content (AvgIpc) is 3.59. The second-order valence-electron chi connectivity index (χ2n) is 13.0. The van der Waals surface area contributed by atoms with Crippen molar-refractivity contribution in [3.05, 3.63) is 129 Å². The minimum Gasteiger partial charge on any atom is -1.00 e. The third-order valence-corrected chi connectivity index (χ3v) is 40.4. The predicted octanol–water partition coefficient (Wildman–Crippen LogP) is 7.11. The van der Waals surface area contributed by atoms with Crippen LogP contribution in [0.25, 0.3) is 34.4 Å². The molecule has 0 spiro atoms. The molecule has 4 aromatic rings. The van der Waals surface area contributed by atoms with E-state index in [0.717, 1.165) is 59.1 Å². The minimum atomic E-state index is -4.38. The van der Waals surface area contributed by atoms with Crippen LogP contribution < -0.4 is 24.8 Å². The van der Waals surface area contributed by atoms with E-state index >= 15 is 0 Å². The molecule has 0 amide bonds. The summed E-state index contributed by atoms with van der Waals surface area (Å²) in [6.45, 7) is 4.42. The van der Waals surface area contributed by atoms with Crippen molar-refractivity contribution < 1.29 is 69.8 Å². The van der Waals surface area contributed by atoms with E-state index in [1.54, 1.807) is 24.3 Å². The Labute approximate surface area is 312 Å². The van der Waals surface area contributed by atoms with E-state index in [2.05, 4.69) is 61.8 Å². The molecule has 6 rings (SSSR count). The zero-order valence-electron chi connectivity index (χ0n) is 28.2. The smallest absolute Gasteiger partial charge is 1.00 e. The van der Waals surface area contributed by atoms with Crippen molar-refractivity contribution in [1.29, 1.82) is 0 Å². The van der Waals surface area contributed by atoms with E-state index in [1.807, 2.05) is 12.1 Å². The Morgan fingerprint density at radius 3 is 1.22 bits per heavy atom. The molecule has 0 heterocycles. The van der Waals surface area contributed by atoms with Gasteiger partial charge < -0.3 is 24.8 Å². The maximum atomic E-state index is 13.4. The Bertz CT molecular complexity index is 1800. The van der Waals surface area contributed by atoms with Gasteiger partial charge in [0.15, 0.2) is 0 Å². The molecule has 50 heavy (non-hydrogen) atoms. The summed E-state index contributed by atoms with van der Waals surface area (Å²) in [5.74, 6) is 5.05. The van der Waals surface area contributed by atoms with Gasteiger partial charge in [-0.15, -0.1) is 0 Å². The van der Waals surface area contributed by atoms with E-state index in [-0.39, 0.29) is 24.8 Å². The van der Waals surface area contributed by atoms with Gasteiger partial charge in [-0.3, -0.25) is 0 Å². The van der Waals surface area contributed by atoms with Crippen molar-refractivity contribution >= 4 is 22.1 Å². The van der Waals surface area contributed by atoms with Crippen LogP contribution in [0.15, 0.2) is 96.1 Å². The van der Waals surface area contributed by atoms with Crippen LogP contribution in [0.2, 0.25) is 11.5 Å². The van der Waals surface area contributed by atoms with Crippen molar-refractivity contribution in [3.8, 4) is 22.3 Å². The molecule has 0 bridgehead atoms. The van der Waals surface area contributed by atoms with Gasteiger partial charge in [-0.25, -0.2) is 0 Å². The van der Waals surface area contributed by atoms with E-state index in [0.29, 0.717) is 7.25 Å². The molecule has 2 aliphatic rings. The van der Waals surface area contributed by atoms with Gasteiger partial charge in [-0.1, -0.05) is 0 Å². The first kappa shape index (κ1) is 40.7. The molecule has 0 saturated heterocycles. The summed E-state index contributed by atoms with van der Waals surface area (Å²) in [6, 6.07) is 23.8. The molecule has 0 N–H and O–H groups in total. The van der Waals surface area contributed by atoms with Gasteiger partial charge in [0, 0.05) is 0 Å². The molecule has 2 atom stereocenters. The second kappa shape index (κ2) is 16.3. The summed E-state index contributed by atoms with van der Waals surface area (Å²) in [4.78, 5) is 0. The van der Waals surface area contributed by atoms with Crippen LogP contribution in [0.5, 0.6) is 0 Å². The summed E-state index contributed by atoms with van der Waals surface area (Å²) in [5.41, 5.74) is 10.2. The van der Waals surface area contributed by atoms with Crippen LogP contribution in [-0.2, 0) is 31.0 Å². The fraction of sp³-hybridized carbons (Fsp3) is 0.300. The van der Waals surface area contributed by atoms with Gasteiger partial charge in [0.1, 0.15) is 0 Å². The number of allylic oxidation sites excluding steroid dienone is 2. The van der Waals surface area contributed by atoms with Gasteiger partial charge in [-0.2, -0.15) is 0 Å². The summed E-state index contributed by atoms with van der Waals surface area (Å²) in [7, 11) is -1.54. The summed E-state index contributed by atoms with van der Waals surface area (Å²) in [5, 5.41) is 0. The molecule has 0 aromatic heterocycles. The maximum Gasteiger partial charge on any atom is -1.00 e. The van der Waals surface area contributed by atoms with E-state index in [4.69, 9.17) is 0 Å². The third kappa shape index (κ3) is 7.97. The van der Waals surface area contributed by atoms with Crippen molar-refractivity contribution in [1.82, 2.24) is 0 Å². The Balaban J connectivity index is 0.00000281. The average molecular weight is 867 g/mol. The fourth-order valence-corrected chi connectivity index (χ4v) is 40.0. The minimum absolute atomic E-state index is 0. The molecule has 0 nitrogen and oxygen atoms in total. The van der Waals surface area contributed by atoms with Crippen molar-refractivity contribution in [2.75, 3.05) is 0 Å². The topological polar surface area (TPSA) is 0 Å². The SMILES string of the molecule is CCCC1=Cc2c(-c3ccc(C(F)(F)F)cc3)cccc2[CH]1[Zr+2]([CH]1C(CCC)=Cc2c(-c3ccc(C(F)(F)F)cc3)cccc21)=[Ge]([CH3])[CH3].[Cl-].[Cl-]. The Kier molecular flexibility index (Phi) is 13.3. The van der Waals surface area contributed by atoms with Crippen LogP contribution in [0.4, 0.5) is 26.3 Å². The Morgan fingerprint density at radius 2 is 0.920 bits per heavy atom. The normalized spacial score (nSPS) is 16.3. The number of benzene rings is 4. The molecule has 2 unspecified atom stereocenters. The molecule has 10 heteroatoms. The molecule has 0 aliphatic heterocycles. The van der Waals surface area contributed by atoms with E-state index in [9.17, 15) is 26.3 Å². The van der Waals surface area contributed by atoms with Crippen molar-refractivity contribution in [3.63, 3.8) is 0 Å². The summed E-state index contributed by atoms with van der Waals surface area (Å²) < 4.78 is 81.0. The standard InChI is InChI=1S/2C19H16F3.C2H6Ge.2ClH.Zr/c2*1-2-4-13-11-15-5-3-6-17(18(15)12-13)14-7-9-16(10-8-14)19(20,21)22;1-3-2;;;/h2*3,5-12H,2,4H2,1H3;1-2H3;2*1H;/q;;;;;+2/p-2. The molecule has 2 aliphatic carbocycles. The van der Waals surface area contributed by atoms with Gasteiger partial charge in [0.2, 0.25) is 0 Å². The first-order valence-electron chi connectivity index (χ1n) is 16.5. The molecule has 4 aromatic carbocycles. The zero-order chi connectivity index (χ0) is 34.4. The van der Waals surface area contributed by atoms with Gasteiger partial charge >= 0.3 is 289 Å². The van der Waals surface area contributed by atoms with Crippen LogP contribution in [0.1, 0.15) is 80.2 Å². The number of fused-ring (bicyclic) bond motifs is 2. The Morgan fingerprint density at radius 1 is 0.560 bits per heavy atom. The molecule has 0 saturated carbocycles. The number of hydrogen-bond donors (Lipinski definition) is 0. The number of rotatable bonds is 8. The molecule has 262 valence electrons. The van der Waals surface area contributed by atoms with Crippen LogP contribution in [-0.4, -0.2) is 9.98 Å². The molecule has 0 radical (unpaired) electrons. The predicted molar refractivity (Wildman–Crippen MR) is 182 cm³/mol. The number of halogens is 8. The summed E-state index contributed by atoms with van der Waals surface area (Å²) in [6.07, 6.45) is -0.0443. The van der Waals surface area contributed by atoms with Gasteiger partial charge in [0.25, 0.3) is 0 Å².